The number of hydrogen-bond acceptors (Lipinski definition) is 7. The second-order valence-corrected chi connectivity index (χ2v) is 9.13. The summed E-state index contributed by atoms with van der Waals surface area (Å²) in [6.45, 7) is 1.06. The highest BCUT2D eigenvalue weighted by molar-refractivity contribution is 6.46. The lowest BCUT2D eigenvalue weighted by atomic mass is 9.93. The van der Waals surface area contributed by atoms with Gasteiger partial charge in [0.1, 0.15) is 5.76 Å². The fourth-order valence-corrected chi connectivity index (χ4v) is 4.85. The topological polar surface area (TPSA) is 88.5 Å². The van der Waals surface area contributed by atoms with Gasteiger partial charge < -0.3 is 29.1 Å². The van der Waals surface area contributed by atoms with Crippen LogP contribution >= 0.6 is 0 Å². The first-order valence-corrected chi connectivity index (χ1v) is 12.0. The Morgan fingerprint density at radius 2 is 1.59 bits per heavy atom. The molecule has 3 aromatic rings. The fraction of sp³-hybridized carbons (Fsp3) is 0.310. The maximum atomic E-state index is 13.5. The summed E-state index contributed by atoms with van der Waals surface area (Å²) in [5, 5.41) is 13.3. The molecule has 1 saturated heterocycles. The van der Waals surface area contributed by atoms with Crippen molar-refractivity contribution >= 4 is 28.2 Å². The molecule has 37 heavy (non-hydrogen) atoms. The van der Waals surface area contributed by atoms with E-state index in [0.717, 1.165) is 17.3 Å². The van der Waals surface area contributed by atoms with E-state index >= 15 is 0 Å². The summed E-state index contributed by atoms with van der Waals surface area (Å²) in [5.41, 5.74) is 1.09. The number of aliphatic hydroxyl groups is 1. The van der Waals surface area contributed by atoms with E-state index in [1.807, 2.05) is 55.4 Å². The number of rotatable bonds is 9. The SMILES string of the molecule is COc1cc(C2/C(=C(\O)c3cccc4ccccc34)C(=O)C(=O)N2CCCN(C)C)cc(OC)c1OC. The Labute approximate surface area is 216 Å². The summed E-state index contributed by atoms with van der Waals surface area (Å²) < 4.78 is 16.5. The van der Waals surface area contributed by atoms with Crippen LogP contribution in [0.2, 0.25) is 0 Å². The number of amides is 1. The number of carbonyl (C=O) groups excluding carboxylic acids is 2. The summed E-state index contributed by atoms with van der Waals surface area (Å²) in [6.07, 6.45) is 0.648. The van der Waals surface area contributed by atoms with Gasteiger partial charge in [0.05, 0.1) is 32.9 Å². The van der Waals surface area contributed by atoms with Gasteiger partial charge in [-0.1, -0.05) is 42.5 Å². The lowest BCUT2D eigenvalue weighted by Crippen LogP contribution is -2.32. The molecular formula is C29H32N2O6. The van der Waals surface area contributed by atoms with Crippen molar-refractivity contribution in [1.29, 1.82) is 0 Å². The van der Waals surface area contributed by atoms with Crippen LogP contribution in [0.1, 0.15) is 23.6 Å². The molecule has 0 saturated carbocycles. The molecule has 1 fully saturated rings. The van der Waals surface area contributed by atoms with E-state index in [1.165, 1.54) is 26.2 Å². The van der Waals surface area contributed by atoms with Gasteiger partial charge in [0.2, 0.25) is 5.75 Å². The predicted molar refractivity (Wildman–Crippen MR) is 142 cm³/mol. The molecule has 1 aliphatic rings. The minimum atomic E-state index is -0.838. The molecular weight excluding hydrogens is 472 g/mol. The van der Waals surface area contributed by atoms with E-state index in [4.69, 9.17) is 14.2 Å². The van der Waals surface area contributed by atoms with E-state index in [1.54, 1.807) is 18.2 Å². The van der Waals surface area contributed by atoms with Crippen molar-refractivity contribution in [3.8, 4) is 17.2 Å². The van der Waals surface area contributed by atoms with Gasteiger partial charge in [-0.05, 0) is 55.5 Å². The van der Waals surface area contributed by atoms with Gasteiger partial charge in [0.15, 0.2) is 11.5 Å². The third-order valence-electron chi connectivity index (χ3n) is 6.59. The highest BCUT2D eigenvalue weighted by Crippen LogP contribution is 2.46. The monoisotopic (exact) mass is 504 g/mol. The molecule has 1 aliphatic heterocycles. The van der Waals surface area contributed by atoms with Crippen LogP contribution in [0, 0.1) is 0 Å². The van der Waals surface area contributed by atoms with Crippen molar-refractivity contribution in [3.63, 3.8) is 0 Å². The Balaban J connectivity index is 1.95. The maximum absolute atomic E-state index is 13.5. The van der Waals surface area contributed by atoms with Crippen molar-refractivity contribution in [3.05, 3.63) is 71.3 Å². The first-order valence-electron chi connectivity index (χ1n) is 12.0. The average Bonchev–Trinajstić information content (AvgIpc) is 3.16. The molecule has 1 unspecified atom stereocenters. The highest BCUT2D eigenvalue weighted by Gasteiger charge is 2.46. The summed E-state index contributed by atoms with van der Waals surface area (Å²) in [7, 11) is 8.42. The second-order valence-electron chi connectivity index (χ2n) is 9.13. The van der Waals surface area contributed by atoms with Crippen LogP contribution in [0.25, 0.3) is 16.5 Å². The Morgan fingerprint density at radius 1 is 0.946 bits per heavy atom. The largest absolute Gasteiger partial charge is 0.507 e. The smallest absolute Gasteiger partial charge is 0.295 e. The number of methoxy groups -OCH3 is 3. The quantitative estimate of drug-likeness (QED) is 0.265. The summed E-state index contributed by atoms with van der Waals surface area (Å²) in [6, 6.07) is 15.7. The van der Waals surface area contributed by atoms with Crippen molar-refractivity contribution in [2.75, 3.05) is 48.5 Å². The number of carbonyl (C=O) groups is 2. The molecule has 3 aromatic carbocycles. The number of hydrogen-bond donors (Lipinski definition) is 1. The van der Waals surface area contributed by atoms with Gasteiger partial charge in [-0.2, -0.15) is 0 Å². The van der Waals surface area contributed by atoms with E-state index in [2.05, 4.69) is 0 Å². The van der Waals surface area contributed by atoms with Gasteiger partial charge in [-0.3, -0.25) is 9.59 Å². The predicted octanol–water partition coefficient (Wildman–Crippen LogP) is 4.24. The lowest BCUT2D eigenvalue weighted by molar-refractivity contribution is -0.139. The molecule has 0 aliphatic carbocycles. The second kappa shape index (κ2) is 10.9. The molecule has 4 rings (SSSR count). The molecule has 0 spiro atoms. The van der Waals surface area contributed by atoms with Crippen molar-refractivity contribution < 1.29 is 28.9 Å². The summed E-state index contributed by atoms with van der Waals surface area (Å²) in [5.74, 6) is -0.425. The number of benzene rings is 3. The first-order chi connectivity index (χ1) is 17.8. The number of likely N-dealkylation sites (tertiary alicyclic amines) is 1. The molecule has 0 bridgehead atoms. The number of fused-ring (bicyclic) bond motifs is 1. The van der Waals surface area contributed by atoms with Gasteiger partial charge in [0, 0.05) is 12.1 Å². The zero-order chi connectivity index (χ0) is 26.7. The van der Waals surface area contributed by atoms with Gasteiger partial charge in [0.25, 0.3) is 11.7 Å². The van der Waals surface area contributed by atoms with Gasteiger partial charge in [-0.15, -0.1) is 0 Å². The number of ether oxygens (including phenoxy) is 3. The molecule has 1 heterocycles. The van der Waals surface area contributed by atoms with Crippen LogP contribution < -0.4 is 14.2 Å². The van der Waals surface area contributed by atoms with Crippen molar-refractivity contribution in [2.24, 2.45) is 0 Å². The van der Waals surface area contributed by atoms with Crippen LogP contribution in [0.4, 0.5) is 0 Å². The number of nitrogens with zero attached hydrogens (tertiary/aromatic N) is 2. The van der Waals surface area contributed by atoms with Crippen LogP contribution in [-0.4, -0.2) is 75.1 Å². The van der Waals surface area contributed by atoms with E-state index in [0.29, 0.717) is 41.3 Å². The first kappa shape index (κ1) is 26.0. The third-order valence-corrected chi connectivity index (χ3v) is 6.59. The van der Waals surface area contributed by atoms with E-state index in [-0.39, 0.29) is 11.3 Å². The Bertz CT molecular complexity index is 1330. The fourth-order valence-electron chi connectivity index (χ4n) is 4.85. The van der Waals surface area contributed by atoms with Crippen molar-refractivity contribution in [1.82, 2.24) is 9.80 Å². The van der Waals surface area contributed by atoms with E-state index < -0.39 is 17.7 Å². The number of ketones is 1. The third kappa shape index (κ3) is 4.84. The Morgan fingerprint density at radius 3 is 2.22 bits per heavy atom. The number of Topliss-reactive ketones (excluding diaryl/α,β-unsaturated/α-hetero) is 1. The molecule has 1 atom stereocenters. The van der Waals surface area contributed by atoms with Crippen LogP contribution in [0.15, 0.2) is 60.2 Å². The average molecular weight is 505 g/mol. The standard InChI is InChI=1S/C29H32N2O6/c1-30(2)14-9-15-31-25(19-16-22(35-3)28(37-5)23(17-19)36-4)24(27(33)29(31)34)26(32)21-13-8-11-18-10-6-7-12-20(18)21/h6-8,10-13,16-17,25,32H,9,14-15H2,1-5H3/b26-24+. The van der Waals surface area contributed by atoms with Crippen molar-refractivity contribution in [2.45, 2.75) is 12.5 Å². The van der Waals surface area contributed by atoms with Crippen LogP contribution in [-0.2, 0) is 9.59 Å². The minimum absolute atomic E-state index is 0.0282. The Kier molecular flexibility index (Phi) is 7.69. The molecule has 1 amide bonds. The minimum Gasteiger partial charge on any atom is -0.507 e. The lowest BCUT2D eigenvalue weighted by Gasteiger charge is -2.27. The number of aliphatic hydroxyl groups excluding tert-OH is 1. The van der Waals surface area contributed by atoms with Gasteiger partial charge in [-0.25, -0.2) is 0 Å². The molecule has 8 heteroatoms. The Hall–Kier alpha value is -4.04. The molecule has 0 radical (unpaired) electrons. The molecule has 194 valence electrons. The summed E-state index contributed by atoms with van der Waals surface area (Å²) >= 11 is 0. The zero-order valence-corrected chi connectivity index (χ0v) is 21.8. The molecule has 1 N–H and O–H groups in total. The molecule has 8 nitrogen and oxygen atoms in total. The van der Waals surface area contributed by atoms with E-state index in [9.17, 15) is 14.7 Å². The maximum Gasteiger partial charge on any atom is 0.295 e. The zero-order valence-electron chi connectivity index (χ0n) is 21.8. The summed E-state index contributed by atoms with van der Waals surface area (Å²) in [4.78, 5) is 30.3. The highest BCUT2D eigenvalue weighted by atomic mass is 16.5. The van der Waals surface area contributed by atoms with Crippen LogP contribution in [0.3, 0.4) is 0 Å². The van der Waals surface area contributed by atoms with Gasteiger partial charge >= 0.3 is 0 Å². The van der Waals surface area contributed by atoms with Crippen LogP contribution in [0.5, 0.6) is 17.2 Å². The molecule has 0 aromatic heterocycles. The normalized spacial score (nSPS) is 17.0.